The molecule has 32 heavy (non-hydrogen) atoms. The number of benzene rings is 2. The molecule has 166 valence electrons. The third kappa shape index (κ3) is 4.62. The molecule has 7 nitrogen and oxygen atoms in total. The number of fused-ring (bicyclic) bond motifs is 2. The molecule has 5 rings (SSSR count). The van der Waals surface area contributed by atoms with Crippen LogP contribution in [0.25, 0.3) is 0 Å². The van der Waals surface area contributed by atoms with Gasteiger partial charge in [-0.2, -0.15) is 0 Å². The Morgan fingerprint density at radius 3 is 2.44 bits per heavy atom. The number of piperidine rings is 1. The van der Waals surface area contributed by atoms with Crippen LogP contribution in [0.2, 0.25) is 0 Å². The number of carbonyl (C=O) groups is 1. The quantitative estimate of drug-likeness (QED) is 0.538. The smallest absolute Gasteiger partial charge is 0.335 e. The average Bonchev–Trinajstić information content (AvgIpc) is 3.39. The number of nitrogens with zero attached hydrogens (tertiary/aromatic N) is 2. The molecular formula is C25H27N3O4. The van der Waals surface area contributed by atoms with E-state index in [9.17, 15) is 4.79 Å². The van der Waals surface area contributed by atoms with E-state index in [1.165, 1.54) is 18.4 Å². The number of hydrogen-bond acceptors (Lipinski definition) is 6. The van der Waals surface area contributed by atoms with E-state index in [0.717, 1.165) is 30.8 Å². The van der Waals surface area contributed by atoms with E-state index in [4.69, 9.17) is 14.3 Å². The van der Waals surface area contributed by atoms with Crippen molar-refractivity contribution in [1.82, 2.24) is 9.88 Å². The highest BCUT2D eigenvalue weighted by molar-refractivity contribution is 5.87. The normalized spacial score (nSPS) is 22.6. The molecule has 7 heteroatoms. The lowest BCUT2D eigenvalue weighted by atomic mass is 9.96. The second kappa shape index (κ2) is 9.04. The van der Waals surface area contributed by atoms with Crippen LogP contribution in [0.3, 0.4) is 0 Å². The number of aromatic carboxylic acids is 1. The minimum Gasteiger partial charge on any atom is -0.484 e. The fourth-order valence-corrected chi connectivity index (χ4v) is 4.97. The molecule has 2 bridgehead atoms. The van der Waals surface area contributed by atoms with Crippen LogP contribution in [-0.2, 0) is 13.2 Å². The lowest BCUT2D eigenvalue weighted by molar-refractivity contribution is 0.0696. The van der Waals surface area contributed by atoms with Crippen LogP contribution in [0.15, 0.2) is 65.4 Å². The van der Waals surface area contributed by atoms with E-state index in [0.29, 0.717) is 36.2 Å². The molecule has 2 aromatic carbocycles. The Morgan fingerprint density at radius 1 is 1.09 bits per heavy atom. The molecule has 3 aromatic rings. The fraction of sp³-hybridized carbons (Fsp3) is 0.360. The predicted molar refractivity (Wildman–Crippen MR) is 120 cm³/mol. The van der Waals surface area contributed by atoms with Crippen LogP contribution in [0, 0.1) is 0 Å². The van der Waals surface area contributed by atoms with Gasteiger partial charge in [0.15, 0.2) is 6.61 Å². The number of oxazole rings is 1. The van der Waals surface area contributed by atoms with Crippen molar-refractivity contribution in [2.45, 2.75) is 57.0 Å². The van der Waals surface area contributed by atoms with Crippen molar-refractivity contribution < 1.29 is 19.1 Å². The van der Waals surface area contributed by atoms with Gasteiger partial charge in [-0.25, -0.2) is 9.78 Å². The van der Waals surface area contributed by atoms with E-state index in [2.05, 4.69) is 27.3 Å². The van der Waals surface area contributed by atoms with Gasteiger partial charge < -0.3 is 19.6 Å². The van der Waals surface area contributed by atoms with Crippen molar-refractivity contribution in [3.05, 3.63) is 78.0 Å². The van der Waals surface area contributed by atoms with Crippen LogP contribution < -0.4 is 10.1 Å². The van der Waals surface area contributed by atoms with Crippen LogP contribution in [0.4, 0.5) is 5.69 Å². The van der Waals surface area contributed by atoms with Crippen molar-refractivity contribution in [2.24, 2.45) is 0 Å². The summed E-state index contributed by atoms with van der Waals surface area (Å²) < 4.78 is 10.9. The summed E-state index contributed by atoms with van der Waals surface area (Å²) in [6.07, 6.45) is 7.84. The number of rotatable bonds is 8. The second-order valence-electron chi connectivity index (χ2n) is 8.61. The zero-order valence-electron chi connectivity index (χ0n) is 17.8. The van der Waals surface area contributed by atoms with Gasteiger partial charge in [0.05, 0.1) is 11.8 Å². The molecule has 2 N–H and O–H groups in total. The second-order valence-corrected chi connectivity index (χ2v) is 8.61. The van der Waals surface area contributed by atoms with Crippen LogP contribution in [0.5, 0.6) is 5.75 Å². The molecule has 2 unspecified atom stereocenters. The van der Waals surface area contributed by atoms with Gasteiger partial charge in [0, 0.05) is 30.4 Å². The Bertz CT molecular complexity index is 1020. The molecule has 3 heterocycles. The van der Waals surface area contributed by atoms with E-state index in [1.807, 2.05) is 24.3 Å². The first-order chi connectivity index (χ1) is 15.6. The molecule has 0 spiro atoms. The average molecular weight is 434 g/mol. The lowest BCUT2D eigenvalue weighted by Gasteiger charge is -2.39. The monoisotopic (exact) mass is 433 g/mol. The summed E-state index contributed by atoms with van der Waals surface area (Å²) >= 11 is 0. The highest BCUT2D eigenvalue weighted by Gasteiger charge is 2.40. The number of hydrogen-bond donors (Lipinski definition) is 2. The first kappa shape index (κ1) is 20.6. The van der Waals surface area contributed by atoms with Crippen molar-refractivity contribution >= 4 is 11.7 Å². The number of carboxylic acids is 1. The van der Waals surface area contributed by atoms with E-state index >= 15 is 0 Å². The first-order valence-electron chi connectivity index (χ1n) is 11.1. The molecular weight excluding hydrogens is 406 g/mol. The zero-order valence-corrected chi connectivity index (χ0v) is 17.8. The third-order valence-corrected chi connectivity index (χ3v) is 6.52. The number of nitrogens with one attached hydrogen (secondary N) is 1. The first-order valence-corrected chi connectivity index (χ1v) is 11.1. The Hall–Kier alpha value is -3.32. The molecule has 0 amide bonds. The Kier molecular flexibility index (Phi) is 5.81. The SMILES string of the molecule is O=C(O)c1ccc(CN2C3CCC2CC(Nc2ccc(OCc4ncco4)cc2)C3)cc1. The minimum absolute atomic E-state index is 0.320. The molecule has 0 aliphatic carbocycles. The Balaban J connectivity index is 1.14. The maximum atomic E-state index is 11.1. The predicted octanol–water partition coefficient (Wildman–Crippen LogP) is 4.56. The minimum atomic E-state index is -0.877. The summed E-state index contributed by atoms with van der Waals surface area (Å²) in [5.74, 6) is 0.474. The van der Waals surface area contributed by atoms with Gasteiger partial charge in [0.1, 0.15) is 12.0 Å². The van der Waals surface area contributed by atoms with Gasteiger partial charge in [-0.05, 0) is 67.6 Å². The van der Waals surface area contributed by atoms with Crippen molar-refractivity contribution in [2.75, 3.05) is 5.32 Å². The summed E-state index contributed by atoms with van der Waals surface area (Å²) in [7, 11) is 0. The topological polar surface area (TPSA) is 87.8 Å². The summed E-state index contributed by atoms with van der Waals surface area (Å²) in [4.78, 5) is 17.7. The largest absolute Gasteiger partial charge is 0.484 e. The fourth-order valence-electron chi connectivity index (χ4n) is 4.97. The molecule has 2 aliphatic heterocycles. The highest BCUT2D eigenvalue weighted by atomic mass is 16.5. The molecule has 2 fully saturated rings. The Labute approximate surface area is 187 Å². The van der Waals surface area contributed by atoms with Gasteiger partial charge in [-0.3, -0.25) is 4.90 Å². The van der Waals surface area contributed by atoms with Crippen LogP contribution >= 0.6 is 0 Å². The molecule has 2 aliphatic rings. The lowest BCUT2D eigenvalue weighted by Crippen LogP contribution is -2.46. The number of aromatic nitrogens is 1. The highest BCUT2D eigenvalue weighted by Crippen LogP contribution is 2.38. The summed E-state index contributed by atoms with van der Waals surface area (Å²) in [5, 5.41) is 12.8. The third-order valence-electron chi connectivity index (χ3n) is 6.52. The van der Waals surface area contributed by atoms with E-state index in [-0.39, 0.29) is 0 Å². The van der Waals surface area contributed by atoms with Crippen molar-refractivity contribution in [3.63, 3.8) is 0 Å². The van der Waals surface area contributed by atoms with Crippen LogP contribution in [-0.4, -0.2) is 39.1 Å². The van der Waals surface area contributed by atoms with E-state index in [1.54, 1.807) is 24.6 Å². The van der Waals surface area contributed by atoms with Gasteiger partial charge >= 0.3 is 5.97 Å². The van der Waals surface area contributed by atoms with Gasteiger partial charge in [0.2, 0.25) is 5.89 Å². The molecule has 1 aromatic heterocycles. The van der Waals surface area contributed by atoms with Crippen LogP contribution in [0.1, 0.15) is 47.5 Å². The maximum absolute atomic E-state index is 11.1. The molecule has 0 radical (unpaired) electrons. The number of ether oxygens (including phenoxy) is 1. The maximum Gasteiger partial charge on any atom is 0.335 e. The van der Waals surface area contributed by atoms with Gasteiger partial charge in [-0.15, -0.1) is 0 Å². The summed E-state index contributed by atoms with van der Waals surface area (Å²) in [5.41, 5.74) is 2.63. The standard InChI is InChI=1S/C25H27N3O4/c29-25(30)18-3-1-17(2-4-18)15-28-21-7-8-22(28)14-20(13-21)27-19-5-9-23(10-6-19)32-16-24-26-11-12-31-24/h1-6,9-12,20-22,27H,7-8,13-16H2,(H,29,30). The molecule has 0 saturated carbocycles. The molecule has 2 atom stereocenters. The molecule has 2 saturated heterocycles. The van der Waals surface area contributed by atoms with Crippen molar-refractivity contribution in [1.29, 1.82) is 0 Å². The number of carboxylic acid groups (broad SMARTS) is 1. The van der Waals surface area contributed by atoms with Gasteiger partial charge in [0.25, 0.3) is 0 Å². The number of anilines is 1. The van der Waals surface area contributed by atoms with Crippen molar-refractivity contribution in [3.8, 4) is 5.75 Å². The van der Waals surface area contributed by atoms with E-state index < -0.39 is 5.97 Å². The van der Waals surface area contributed by atoms with Gasteiger partial charge in [-0.1, -0.05) is 12.1 Å². The summed E-state index contributed by atoms with van der Waals surface area (Å²) in [6, 6.07) is 16.9. The zero-order chi connectivity index (χ0) is 21.9. The summed E-state index contributed by atoms with van der Waals surface area (Å²) in [6.45, 7) is 1.21. The Morgan fingerprint density at radius 2 is 1.81 bits per heavy atom.